The molecule has 1 aromatic carbocycles. The number of carbonyl (C=O) groups is 2. The highest BCUT2D eigenvalue weighted by atomic mass is 79.9. The van der Waals surface area contributed by atoms with Gasteiger partial charge < -0.3 is 4.90 Å². The molecule has 3 rings (SSSR count). The van der Waals surface area contributed by atoms with Crippen LogP contribution in [0.3, 0.4) is 0 Å². The molecule has 1 aromatic heterocycles. The number of ketones is 1. The van der Waals surface area contributed by atoms with Crippen LogP contribution in [0, 0.1) is 0 Å². The molecule has 1 unspecified atom stereocenters. The number of quaternary nitrogens is 1. The number of hydrogen-bond donors (Lipinski definition) is 1. The molecule has 4 nitrogen and oxygen atoms in total. The molecule has 22 heavy (non-hydrogen) atoms. The van der Waals surface area contributed by atoms with Crippen LogP contribution in [0.4, 0.5) is 5.69 Å². The minimum Gasteiger partial charge on any atom is -0.315 e. The first-order valence-corrected chi connectivity index (χ1v) is 8.65. The van der Waals surface area contributed by atoms with Gasteiger partial charge in [-0.25, -0.2) is 0 Å². The summed E-state index contributed by atoms with van der Waals surface area (Å²) in [5, 5.41) is 0.464. The number of carbonyl (C=O) groups excluding carboxylic acids is 2. The lowest BCUT2D eigenvalue weighted by molar-refractivity contribution is -0.892. The molecule has 1 N–H and O–H groups in total. The Balaban J connectivity index is 1.78. The Morgan fingerprint density at radius 3 is 2.73 bits per heavy atom. The lowest BCUT2D eigenvalue weighted by Crippen LogP contribution is -3.09. The summed E-state index contributed by atoms with van der Waals surface area (Å²) in [5.41, 5.74) is 1.04. The number of thiophene rings is 1. The second-order valence-corrected chi connectivity index (χ2v) is 8.21. The summed E-state index contributed by atoms with van der Waals surface area (Å²) in [4.78, 5) is 28.1. The van der Waals surface area contributed by atoms with Crippen molar-refractivity contribution >= 4 is 56.2 Å². The van der Waals surface area contributed by atoms with E-state index in [-0.39, 0.29) is 0 Å². The highest BCUT2D eigenvalue weighted by Crippen LogP contribution is 2.30. The number of nitrogens with one attached hydrogen (secondary N) is 1. The Labute approximate surface area is 145 Å². The molecule has 0 bridgehead atoms. The molecule has 1 amide bonds. The van der Waals surface area contributed by atoms with E-state index in [2.05, 4.69) is 22.0 Å². The third kappa shape index (κ3) is 2.96. The van der Waals surface area contributed by atoms with Gasteiger partial charge in [-0.1, -0.05) is 11.6 Å². The van der Waals surface area contributed by atoms with E-state index in [1.165, 1.54) is 9.78 Å². The van der Waals surface area contributed by atoms with Gasteiger partial charge in [-0.15, -0.1) is 11.3 Å². The third-order valence-electron chi connectivity index (χ3n) is 3.47. The maximum Gasteiger partial charge on any atom is 0.303 e. The Morgan fingerprint density at radius 2 is 2.05 bits per heavy atom. The molecule has 1 atom stereocenters. The van der Waals surface area contributed by atoms with Crippen molar-refractivity contribution in [1.82, 2.24) is 0 Å². The average molecular weight is 401 g/mol. The van der Waals surface area contributed by atoms with Crippen molar-refractivity contribution in [3.8, 4) is 0 Å². The molecule has 0 saturated carbocycles. The van der Waals surface area contributed by atoms with Crippen molar-refractivity contribution in [2.75, 3.05) is 18.6 Å². The number of benzene rings is 1. The summed E-state index contributed by atoms with van der Waals surface area (Å²) in [7, 11) is 2.00. The van der Waals surface area contributed by atoms with E-state index in [0.717, 1.165) is 15.2 Å². The van der Waals surface area contributed by atoms with Gasteiger partial charge in [0, 0.05) is 5.02 Å². The van der Waals surface area contributed by atoms with Crippen LogP contribution in [0.2, 0.25) is 5.02 Å². The van der Waals surface area contributed by atoms with Crippen molar-refractivity contribution < 1.29 is 14.5 Å². The number of halogens is 2. The summed E-state index contributed by atoms with van der Waals surface area (Å²) in [6.07, 6.45) is 0. The van der Waals surface area contributed by atoms with Gasteiger partial charge in [0.15, 0.2) is 6.67 Å². The zero-order chi connectivity index (χ0) is 15.9. The lowest BCUT2D eigenvalue weighted by atomic mass is 10.1. The van der Waals surface area contributed by atoms with Crippen LogP contribution in [-0.4, -0.2) is 25.4 Å². The molecule has 0 aliphatic carbocycles. The molecule has 0 radical (unpaired) electrons. The fraction of sp³-hybridized carbons (Fsp3) is 0.200. The van der Waals surface area contributed by atoms with Gasteiger partial charge in [0.1, 0.15) is 6.54 Å². The molecular formula is C15H13BrClN2O2S+. The predicted octanol–water partition coefficient (Wildman–Crippen LogP) is 2.37. The van der Waals surface area contributed by atoms with E-state index in [0.29, 0.717) is 22.9 Å². The molecule has 2 heterocycles. The summed E-state index contributed by atoms with van der Waals surface area (Å²) in [6, 6.07) is 9.06. The first-order chi connectivity index (χ1) is 10.5. The molecule has 114 valence electrons. The fourth-order valence-electron chi connectivity index (χ4n) is 2.50. The highest BCUT2D eigenvalue weighted by molar-refractivity contribution is 9.11. The van der Waals surface area contributed by atoms with Gasteiger partial charge in [0.2, 0.25) is 0 Å². The predicted molar refractivity (Wildman–Crippen MR) is 90.7 cm³/mol. The van der Waals surface area contributed by atoms with Crippen LogP contribution in [0.25, 0.3) is 0 Å². The second-order valence-electron chi connectivity index (χ2n) is 5.22. The van der Waals surface area contributed by atoms with Crippen molar-refractivity contribution in [3.05, 3.63) is 49.6 Å². The van der Waals surface area contributed by atoms with E-state index in [9.17, 15) is 9.59 Å². The summed E-state index contributed by atoms with van der Waals surface area (Å²) in [6.45, 7) is 1.23. The van der Waals surface area contributed by atoms with Gasteiger partial charge in [-0.05, 0) is 46.3 Å². The molecule has 0 fully saturated rings. The van der Waals surface area contributed by atoms with Gasteiger partial charge >= 0.3 is 5.91 Å². The van der Waals surface area contributed by atoms with E-state index >= 15 is 0 Å². The summed E-state index contributed by atoms with van der Waals surface area (Å²) in [5.74, 6) is -0.965. The van der Waals surface area contributed by atoms with Crippen molar-refractivity contribution in [2.45, 2.75) is 6.54 Å². The number of anilines is 1. The Kier molecular flexibility index (Phi) is 4.36. The SMILES string of the molecule is C[NH+](Cc1ccc(Br)s1)CN1C(=O)C(=O)c2cc(Cl)ccc21. The van der Waals surface area contributed by atoms with Gasteiger partial charge in [0.25, 0.3) is 5.78 Å². The molecule has 0 saturated heterocycles. The molecule has 0 spiro atoms. The molecular weight excluding hydrogens is 388 g/mol. The zero-order valence-electron chi connectivity index (χ0n) is 11.7. The normalized spacial score (nSPS) is 15.3. The summed E-state index contributed by atoms with van der Waals surface area (Å²) >= 11 is 11.0. The van der Waals surface area contributed by atoms with Gasteiger partial charge in [-0.2, -0.15) is 0 Å². The van der Waals surface area contributed by atoms with E-state index in [4.69, 9.17) is 11.6 Å². The first kappa shape index (κ1) is 15.7. The lowest BCUT2D eigenvalue weighted by Gasteiger charge is -2.21. The van der Waals surface area contributed by atoms with Crippen LogP contribution in [0.5, 0.6) is 0 Å². The maximum absolute atomic E-state index is 12.2. The number of fused-ring (bicyclic) bond motifs is 1. The topological polar surface area (TPSA) is 41.8 Å². The van der Waals surface area contributed by atoms with Gasteiger partial charge in [-0.3, -0.25) is 14.5 Å². The van der Waals surface area contributed by atoms with Crippen LogP contribution in [-0.2, 0) is 11.3 Å². The fourth-order valence-corrected chi connectivity index (χ4v) is 4.27. The quantitative estimate of drug-likeness (QED) is 0.801. The maximum atomic E-state index is 12.2. The monoisotopic (exact) mass is 399 g/mol. The van der Waals surface area contributed by atoms with Crippen molar-refractivity contribution in [1.29, 1.82) is 0 Å². The molecule has 7 heteroatoms. The third-order valence-corrected chi connectivity index (χ3v) is 5.33. The van der Waals surface area contributed by atoms with E-state index in [1.54, 1.807) is 29.5 Å². The zero-order valence-corrected chi connectivity index (χ0v) is 14.9. The van der Waals surface area contributed by atoms with Crippen LogP contribution >= 0.6 is 38.9 Å². The number of nitrogens with zero attached hydrogens (tertiary/aromatic N) is 1. The van der Waals surface area contributed by atoms with E-state index < -0.39 is 11.7 Å². The molecule has 2 aromatic rings. The average Bonchev–Trinajstić information content (AvgIpc) is 2.96. The Morgan fingerprint density at radius 1 is 1.27 bits per heavy atom. The van der Waals surface area contributed by atoms with Crippen molar-refractivity contribution in [3.63, 3.8) is 0 Å². The minimum absolute atomic E-state index is 0.393. The number of rotatable bonds is 4. The van der Waals surface area contributed by atoms with Crippen LogP contribution in [0.1, 0.15) is 15.2 Å². The minimum atomic E-state index is -0.482. The largest absolute Gasteiger partial charge is 0.315 e. The number of hydrogen-bond acceptors (Lipinski definition) is 3. The number of Topliss-reactive ketones (excluding diaryl/α,β-unsaturated/α-hetero) is 1. The second kappa shape index (κ2) is 6.12. The van der Waals surface area contributed by atoms with Crippen LogP contribution < -0.4 is 9.80 Å². The Hall–Kier alpha value is -1.21. The standard InChI is InChI=1S/C15H12BrClN2O2S/c1-18(7-10-3-5-13(16)22-10)8-19-12-4-2-9(17)6-11(12)14(20)15(19)21/h2-6H,7-8H2,1H3/p+1. The highest BCUT2D eigenvalue weighted by Gasteiger charge is 2.37. The first-order valence-electron chi connectivity index (χ1n) is 6.67. The Bertz CT molecular complexity index is 762. The number of amides is 1. The molecule has 1 aliphatic rings. The summed E-state index contributed by atoms with van der Waals surface area (Å²) < 4.78 is 1.09. The van der Waals surface area contributed by atoms with Crippen molar-refractivity contribution in [2.24, 2.45) is 0 Å². The smallest absolute Gasteiger partial charge is 0.303 e. The van der Waals surface area contributed by atoms with Crippen LogP contribution in [0.15, 0.2) is 34.1 Å². The van der Waals surface area contributed by atoms with Gasteiger partial charge in [0.05, 0.1) is 27.0 Å². The van der Waals surface area contributed by atoms with E-state index in [1.807, 2.05) is 13.1 Å². The molecule has 1 aliphatic heterocycles.